The fraction of sp³-hybridized carbons (Fsp3) is 0.133. The fourth-order valence-corrected chi connectivity index (χ4v) is 2.21. The molecule has 0 aromatic heterocycles. The van der Waals surface area contributed by atoms with Crippen molar-refractivity contribution in [2.24, 2.45) is 0 Å². The summed E-state index contributed by atoms with van der Waals surface area (Å²) in [5.74, 6) is -0.165. The third kappa shape index (κ3) is 3.37. The van der Waals surface area contributed by atoms with Crippen LogP contribution in [0.5, 0.6) is 0 Å². The van der Waals surface area contributed by atoms with Crippen LogP contribution >= 0.6 is 27.5 Å². The Morgan fingerprint density at radius 3 is 2.53 bits per heavy atom. The second-order valence-electron chi connectivity index (χ2n) is 4.40. The molecule has 1 amide bonds. The van der Waals surface area contributed by atoms with Crippen LogP contribution in [0.15, 0.2) is 40.9 Å². The zero-order valence-corrected chi connectivity index (χ0v) is 13.0. The predicted molar refractivity (Wildman–Crippen MR) is 83.0 cm³/mol. The number of amides is 1. The highest BCUT2D eigenvalue weighted by molar-refractivity contribution is 9.10. The SMILES string of the molecule is Cc1ccc(NC(=O)c2ccc(Br)c(Cl)c2)c(C)c1. The van der Waals surface area contributed by atoms with Crippen molar-refractivity contribution in [3.8, 4) is 0 Å². The molecule has 2 rings (SSSR count). The highest BCUT2D eigenvalue weighted by Gasteiger charge is 2.09. The van der Waals surface area contributed by atoms with E-state index in [1.54, 1.807) is 18.2 Å². The van der Waals surface area contributed by atoms with Gasteiger partial charge in [0, 0.05) is 15.7 Å². The van der Waals surface area contributed by atoms with E-state index in [9.17, 15) is 4.79 Å². The topological polar surface area (TPSA) is 29.1 Å². The van der Waals surface area contributed by atoms with E-state index >= 15 is 0 Å². The average molecular weight is 339 g/mol. The second kappa shape index (κ2) is 5.76. The maximum atomic E-state index is 12.1. The van der Waals surface area contributed by atoms with Gasteiger partial charge in [-0.25, -0.2) is 0 Å². The normalized spacial score (nSPS) is 10.3. The largest absolute Gasteiger partial charge is 0.322 e. The van der Waals surface area contributed by atoms with E-state index in [0.29, 0.717) is 10.6 Å². The summed E-state index contributed by atoms with van der Waals surface area (Å²) >= 11 is 9.29. The van der Waals surface area contributed by atoms with Crippen LogP contribution in [0.4, 0.5) is 5.69 Å². The highest BCUT2D eigenvalue weighted by Crippen LogP contribution is 2.24. The van der Waals surface area contributed by atoms with Crippen molar-refractivity contribution in [1.29, 1.82) is 0 Å². The lowest BCUT2D eigenvalue weighted by atomic mass is 10.1. The van der Waals surface area contributed by atoms with E-state index in [1.807, 2.05) is 32.0 Å². The van der Waals surface area contributed by atoms with Gasteiger partial charge >= 0.3 is 0 Å². The van der Waals surface area contributed by atoms with E-state index in [2.05, 4.69) is 21.2 Å². The zero-order chi connectivity index (χ0) is 14.0. The lowest BCUT2D eigenvalue weighted by molar-refractivity contribution is 0.102. The number of carbonyl (C=O) groups is 1. The van der Waals surface area contributed by atoms with E-state index in [0.717, 1.165) is 15.7 Å². The average Bonchev–Trinajstić information content (AvgIpc) is 2.36. The van der Waals surface area contributed by atoms with Gasteiger partial charge in [-0.15, -0.1) is 0 Å². The molecule has 2 aromatic rings. The fourth-order valence-electron chi connectivity index (χ4n) is 1.79. The summed E-state index contributed by atoms with van der Waals surface area (Å²) in [6.45, 7) is 3.99. The number of hydrogen-bond acceptors (Lipinski definition) is 1. The summed E-state index contributed by atoms with van der Waals surface area (Å²) in [5.41, 5.74) is 3.56. The molecule has 0 spiro atoms. The predicted octanol–water partition coefficient (Wildman–Crippen LogP) is 4.97. The minimum Gasteiger partial charge on any atom is -0.322 e. The summed E-state index contributed by atoms with van der Waals surface area (Å²) in [6, 6.07) is 11.0. The van der Waals surface area contributed by atoms with Crippen LogP contribution in [0.3, 0.4) is 0 Å². The number of aryl methyl sites for hydroxylation is 2. The number of anilines is 1. The lowest BCUT2D eigenvalue weighted by Gasteiger charge is -2.09. The van der Waals surface area contributed by atoms with Crippen LogP contribution in [0, 0.1) is 13.8 Å². The van der Waals surface area contributed by atoms with Crippen molar-refractivity contribution >= 4 is 39.1 Å². The van der Waals surface area contributed by atoms with Gasteiger partial charge in [-0.05, 0) is 59.6 Å². The number of hydrogen-bond donors (Lipinski definition) is 1. The number of nitrogens with one attached hydrogen (secondary N) is 1. The molecule has 0 heterocycles. The first-order valence-corrected chi connectivity index (χ1v) is 6.98. The third-order valence-corrected chi connectivity index (χ3v) is 4.04. The molecule has 0 bridgehead atoms. The molecule has 2 aromatic carbocycles. The van der Waals surface area contributed by atoms with Crippen LogP contribution in [0.2, 0.25) is 5.02 Å². The van der Waals surface area contributed by atoms with Gasteiger partial charge in [0.15, 0.2) is 0 Å². The van der Waals surface area contributed by atoms with Crippen LogP contribution in [-0.4, -0.2) is 5.91 Å². The van der Waals surface area contributed by atoms with Gasteiger partial charge in [0.1, 0.15) is 0 Å². The summed E-state index contributed by atoms with van der Waals surface area (Å²) in [6.07, 6.45) is 0. The Hall–Kier alpha value is -1.32. The first-order chi connectivity index (χ1) is 8.97. The van der Waals surface area contributed by atoms with E-state index < -0.39 is 0 Å². The zero-order valence-electron chi connectivity index (χ0n) is 10.6. The van der Waals surface area contributed by atoms with Crippen LogP contribution in [-0.2, 0) is 0 Å². The Labute approximate surface area is 125 Å². The van der Waals surface area contributed by atoms with Gasteiger partial charge < -0.3 is 5.32 Å². The van der Waals surface area contributed by atoms with Crippen molar-refractivity contribution in [2.75, 3.05) is 5.32 Å². The van der Waals surface area contributed by atoms with Gasteiger partial charge in [0.2, 0.25) is 0 Å². The van der Waals surface area contributed by atoms with Crippen LogP contribution in [0.1, 0.15) is 21.5 Å². The molecule has 0 fully saturated rings. The molecule has 19 heavy (non-hydrogen) atoms. The van der Waals surface area contributed by atoms with E-state index in [4.69, 9.17) is 11.6 Å². The monoisotopic (exact) mass is 337 g/mol. The van der Waals surface area contributed by atoms with Gasteiger partial charge in [-0.1, -0.05) is 29.3 Å². The van der Waals surface area contributed by atoms with Crippen molar-refractivity contribution in [3.05, 3.63) is 62.6 Å². The van der Waals surface area contributed by atoms with Crippen molar-refractivity contribution in [2.45, 2.75) is 13.8 Å². The maximum absolute atomic E-state index is 12.1. The Balaban J connectivity index is 2.23. The smallest absolute Gasteiger partial charge is 0.255 e. The third-order valence-electron chi connectivity index (χ3n) is 2.81. The molecule has 0 aliphatic heterocycles. The van der Waals surface area contributed by atoms with Crippen molar-refractivity contribution in [1.82, 2.24) is 0 Å². The molecule has 2 nitrogen and oxygen atoms in total. The summed E-state index contributed by atoms with van der Waals surface area (Å²) < 4.78 is 0.775. The molecule has 0 saturated carbocycles. The van der Waals surface area contributed by atoms with Gasteiger partial charge in [0.25, 0.3) is 5.91 Å². The second-order valence-corrected chi connectivity index (χ2v) is 5.66. The quantitative estimate of drug-likeness (QED) is 0.823. The molecule has 1 N–H and O–H groups in total. The van der Waals surface area contributed by atoms with Crippen LogP contribution in [0.25, 0.3) is 0 Å². The van der Waals surface area contributed by atoms with Gasteiger partial charge in [-0.3, -0.25) is 4.79 Å². The van der Waals surface area contributed by atoms with Crippen LogP contribution < -0.4 is 5.32 Å². The highest BCUT2D eigenvalue weighted by atomic mass is 79.9. The minimum atomic E-state index is -0.165. The van der Waals surface area contributed by atoms with Crippen molar-refractivity contribution < 1.29 is 4.79 Å². The Kier molecular flexibility index (Phi) is 4.27. The summed E-state index contributed by atoms with van der Waals surface area (Å²) in [5, 5.41) is 3.41. The summed E-state index contributed by atoms with van der Waals surface area (Å²) in [4.78, 5) is 12.1. The van der Waals surface area contributed by atoms with Gasteiger partial charge in [-0.2, -0.15) is 0 Å². The van der Waals surface area contributed by atoms with Crippen molar-refractivity contribution in [3.63, 3.8) is 0 Å². The number of halogens is 2. The Morgan fingerprint density at radius 2 is 1.89 bits per heavy atom. The first kappa shape index (κ1) is 14.1. The molecule has 0 atom stereocenters. The Morgan fingerprint density at radius 1 is 1.16 bits per heavy atom. The molecule has 0 radical (unpaired) electrons. The molecule has 98 valence electrons. The van der Waals surface area contributed by atoms with E-state index in [1.165, 1.54) is 5.56 Å². The number of rotatable bonds is 2. The first-order valence-electron chi connectivity index (χ1n) is 5.81. The summed E-state index contributed by atoms with van der Waals surface area (Å²) in [7, 11) is 0. The Bertz CT molecular complexity index is 640. The number of benzene rings is 2. The molecule has 0 aliphatic carbocycles. The maximum Gasteiger partial charge on any atom is 0.255 e. The minimum absolute atomic E-state index is 0.165. The molecule has 0 unspecified atom stereocenters. The molecule has 0 saturated heterocycles. The molecular formula is C15H13BrClNO. The van der Waals surface area contributed by atoms with Gasteiger partial charge in [0.05, 0.1) is 5.02 Å². The van der Waals surface area contributed by atoms with E-state index in [-0.39, 0.29) is 5.91 Å². The molecule has 0 aliphatic rings. The standard InChI is InChI=1S/C15H13BrClNO/c1-9-3-6-14(10(2)7-9)18-15(19)11-4-5-12(16)13(17)8-11/h3-8H,1-2H3,(H,18,19). The lowest BCUT2D eigenvalue weighted by Crippen LogP contribution is -2.12. The number of carbonyl (C=O) groups excluding carboxylic acids is 1. The molecule has 4 heteroatoms. The molecular weight excluding hydrogens is 326 g/mol.